The number of rotatable bonds is 4. The number of aliphatic hydroxyl groups is 1. The van der Waals surface area contributed by atoms with Crippen molar-refractivity contribution >= 4 is 0 Å². The molecule has 16 heavy (non-hydrogen) atoms. The van der Waals surface area contributed by atoms with Crippen LogP contribution in [0.5, 0.6) is 0 Å². The second-order valence-corrected chi connectivity index (χ2v) is 4.80. The van der Waals surface area contributed by atoms with Gasteiger partial charge in [0.25, 0.3) is 0 Å². The molecule has 0 atom stereocenters. The van der Waals surface area contributed by atoms with E-state index in [0.29, 0.717) is 12.1 Å². The maximum atomic E-state index is 9.67. The molecule has 0 unspecified atom stereocenters. The molecule has 0 aromatic heterocycles. The lowest BCUT2D eigenvalue weighted by Gasteiger charge is -2.25. The quantitative estimate of drug-likeness (QED) is 0.837. The van der Waals surface area contributed by atoms with Crippen LogP contribution < -0.4 is 0 Å². The summed E-state index contributed by atoms with van der Waals surface area (Å²) in [6.07, 6.45) is 0. The van der Waals surface area contributed by atoms with Crippen LogP contribution >= 0.6 is 0 Å². The summed E-state index contributed by atoms with van der Waals surface area (Å²) in [7, 11) is 1.96. The molecule has 3 heteroatoms. The lowest BCUT2D eigenvalue weighted by molar-refractivity contribution is 0.0425. The number of benzene rings is 1. The molecular formula is C13H18N2O. The minimum atomic E-state index is -0.693. The van der Waals surface area contributed by atoms with Gasteiger partial charge < -0.3 is 5.11 Å². The van der Waals surface area contributed by atoms with E-state index in [1.807, 2.05) is 30.1 Å². The van der Waals surface area contributed by atoms with Gasteiger partial charge in [0.2, 0.25) is 0 Å². The van der Waals surface area contributed by atoms with Gasteiger partial charge in [0.15, 0.2) is 0 Å². The molecular weight excluding hydrogens is 200 g/mol. The van der Waals surface area contributed by atoms with Crippen LogP contribution in [0.3, 0.4) is 0 Å². The summed E-state index contributed by atoms with van der Waals surface area (Å²) in [6.45, 7) is 4.91. The highest BCUT2D eigenvalue weighted by Crippen LogP contribution is 2.09. The van der Waals surface area contributed by atoms with E-state index in [4.69, 9.17) is 5.26 Å². The SMILES string of the molecule is CN(Cc1cccc(C#N)c1)CC(C)(C)O. The fourth-order valence-electron chi connectivity index (χ4n) is 1.77. The summed E-state index contributed by atoms with van der Waals surface area (Å²) in [6, 6.07) is 9.66. The van der Waals surface area contributed by atoms with E-state index in [1.54, 1.807) is 19.9 Å². The molecule has 0 aliphatic heterocycles. The normalized spacial score (nSPS) is 11.5. The molecule has 1 N–H and O–H groups in total. The molecule has 0 aliphatic carbocycles. The number of nitriles is 1. The molecule has 0 radical (unpaired) electrons. The third kappa shape index (κ3) is 4.43. The zero-order chi connectivity index (χ0) is 12.2. The van der Waals surface area contributed by atoms with E-state index < -0.39 is 5.60 Å². The number of likely N-dealkylation sites (N-methyl/N-ethyl adjacent to an activating group) is 1. The van der Waals surface area contributed by atoms with Gasteiger partial charge in [0.05, 0.1) is 17.2 Å². The topological polar surface area (TPSA) is 47.3 Å². The number of nitrogens with zero attached hydrogens (tertiary/aromatic N) is 2. The van der Waals surface area contributed by atoms with E-state index in [9.17, 15) is 5.11 Å². The molecule has 1 rings (SSSR count). The van der Waals surface area contributed by atoms with Gasteiger partial charge in [-0.3, -0.25) is 4.90 Å². The number of hydrogen-bond donors (Lipinski definition) is 1. The van der Waals surface area contributed by atoms with Crippen molar-refractivity contribution in [2.45, 2.75) is 26.0 Å². The predicted molar refractivity (Wildman–Crippen MR) is 63.8 cm³/mol. The average molecular weight is 218 g/mol. The molecule has 86 valence electrons. The van der Waals surface area contributed by atoms with Crippen LogP contribution in [-0.2, 0) is 6.54 Å². The van der Waals surface area contributed by atoms with Crippen molar-refractivity contribution in [3.05, 3.63) is 35.4 Å². The van der Waals surface area contributed by atoms with E-state index in [-0.39, 0.29) is 0 Å². The Kier molecular flexibility index (Phi) is 4.05. The maximum absolute atomic E-state index is 9.67. The van der Waals surface area contributed by atoms with Crippen molar-refractivity contribution in [3.63, 3.8) is 0 Å². The van der Waals surface area contributed by atoms with Crippen LogP contribution in [0.25, 0.3) is 0 Å². The first-order chi connectivity index (χ1) is 7.40. The van der Waals surface area contributed by atoms with Gasteiger partial charge in [-0.1, -0.05) is 12.1 Å². The molecule has 1 aromatic carbocycles. The molecule has 0 saturated carbocycles. The molecule has 0 saturated heterocycles. The minimum Gasteiger partial charge on any atom is -0.389 e. The lowest BCUT2D eigenvalue weighted by Crippen LogP contribution is -2.35. The van der Waals surface area contributed by atoms with Crippen molar-refractivity contribution in [2.75, 3.05) is 13.6 Å². The Morgan fingerprint density at radius 1 is 1.44 bits per heavy atom. The van der Waals surface area contributed by atoms with Gasteiger partial charge in [-0.15, -0.1) is 0 Å². The smallest absolute Gasteiger partial charge is 0.0991 e. The Hall–Kier alpha value is -1.37. The van der Waals surface area contributed by atoms with Gasteiger partial charge in [-0.2, -0.15) is 5.26 Å². The third-order valence-corrected chi connectivity index (χ3v) is 2.17. The zero-order valence-corrected chi connectivity index (χ0v) is 10.1. The lowest BCUT2D eigenvalue weighted by atomic mass is 10.1. The van der Waals surface area contributed by atoms with Crippen LogP contribution in [0.4, 0.5) is 0 Å². The summed E-state index contributed by atoms with van der Waals surface area (Å²) in [5.41, 5.74) is 1.07. The van der Waals surface area contributed by atoms with Crippen LogP contribution in [0.1, 0.15) is 25.0 Å². The Bertz CT molecular complexity index is 388. The van der Waals surface area contributed by atoms with Crippen LogP contribution in [0, 0.1) is 11.3 Å². The van der Waals surface area contributed by atoms with E-state index in [0.717, 1.165) is 12.1 Å². The van der Waals surface area contributed by atoms with Crippen LogP contribution in [-0.4, -0.2) is 29.2 Å². The molecule has 0 spiro atoms. The van der Waals surface area contributed by atoms with Crippen molar-refractivity contribution in [1.82, 2.24) is 4.90 Å². The Labute approximate surface area is 96.9 Å². The summed E-state index contributed by atoms with van der Waals surface area (Å²) in [5, 5.41) is 18.5. The van der Waals surface area contributed by atoms with Gasteiger partial charge in [0, 0.05) is 13.1 Å². The minimum absolute atomic E-state index is 0.601. The number of hydrogen-bond acceptors (Lipinski definition) is 3. The first-order valence-electron chi connectivity index (χ1n) is 5.31. The summed E-state index contributed by atoms with van der Waals surface area (Å²) in [4.78, 5) is 2.04. The average Bonchev–Trinajstić information content (AvgIpc) is 2.15. The largest absolute Gasteiger partial charge is 0.389 e. The van der Waals surface area contributed by atoms with Crippen molar-refractivity contribution in [3.8, 4) is 6.07 Å². The monoisotopic (exact) mass is 218 g/mol. The predicted octanol–water partition coefficient (Wildman–Crippen LogP) is 1.76. The van der Waals surface area contributed by atoms with E-state index >= 15 is 0 Å². The van der Waals surface area contributed by atoms with Crippen LogP contribution in [0.2, 0.25) is 0 Å². The molecule has 0 bridgehead atoms. The van der Waals surface area contributed by atoms with Crippen LogP contribution in [0.15, 0.2) is 24.3 Å². The second kappa shape index (κ2) is 5.11. The third-order valence-electron chi connectivity index (χ3n) is 2.17. The molecule has 1 aromatic rings. The zero-order valence-electron chi connectivity index (χ0n) is 10.1. The molecule has 3 nitrogen and oxygen atoms in total. The second-order valence-electron chi connectivity index (χ2n) is 4.80. The standard InChI is InChI=1S/C13H18N2O/c1-13(2,16)10-15(3)9-12-6-4-5-11(7-12)8-14/h4-7,16H,9-10H2,1-3H3. The summed E-state index contributed by atoms with van der Waals surface area (Å²) < 4.78 is 0. The molecule has 0 heterocycles. The Morgan fingerprint density at radius 2 is 2.12 bits per heavy atom. The van der Waals surface area contributed by atoms with Crippen molar-refractivity contribution < 1.29 is 5.11 Å². The highest BCUT2D eigenvalue weighted by atomic mass is 16.3. The Morgan fingerprint density at radius 3 is 2.69 bits per heavy atom. The maximum Gasteiger partial charge on any atom is 0.0991 e. The van der Waals surface area contributed by atoms with Gasteiger partial charge in [0.1, 0.15) is 0 Å². The van der Waals surface area contributed by atoms with Gasteiger partial charge in [-0.25, -0.2) is 0 Å². The summed E-state index contributed by atoms with van der Waals surface area (Å²) in [5.74, 6) is 0. The fraction of sp³-hybridized carbons (Fsp3) is 0.462. The van der Waals surface area contributed by atoms with Crippen molar-refractivity contribution in [2.24, 2.45) is 0 Å². The van der Waals surface area contributed by atoms with Gasteiger partial charge in [-0.05, 0) is 38.6 Å². The molecule has 0 fully saturated rings. The van der Waals surface area contributed by atoms with Gasteiger partial charge >= 0.3 is 0 Å². The molecule has 0 amide bonds. The highest BCUT2D eigenvalue weighted by molar-refractivity contribution is 5.32. The highest BCUT2D eigenvalue weighted by Gasteiger charge is 2.15. The van der Waals surface area contributed by atoms with E-state index in [1.165, 1.54) is 0 Å². The summed E-state index contributed by atoms with van der Waals surface area (Å²) >= 11 is 0. The van der Waals surface area contributed by atoms with E-state index in [2.05, 4.69) is 6.07 Å². The first-order valence-corrected chi connectivity index (χ1v) is 5.31. The fourth-order valence-corrected chi connectivity index (χ4v) is 1.77. The first kappa shape index (κ1) is 12.7. The van der Waals surface area contributed by atoms with Crippen molar-refractivity contribution in [1.29, 1.82) is 5.26 Å². The molecule has 0 aliphatic rings. The Balaban J connectivity index is 2.63.